The second kappa shape index (κ2) is 5.35. The summed E-state index contributed by atoms with van der Waals surface area (Å²) in [4.78, 5) is 28.7. The molecule has 1 amide bonds. The standard InChI is InChI=1S/C14H14N4O3/c19-13(17-6-5-11(7-17)14(20)21)10-1-3-12(4-2-10)18-9-15-8-16-18/h1-4,8-9,11H,5-7H2,(H,20,21)/t11-/m1/s1. The van der Waals surface area contributed by atoms with Gasteiger partial charge in [0.1, 0.15) is 12.7 Å². The number of carboxylic acids is 1. The molecule has 1 aliphatic rings. The summed E-state index contributed by atoms with van der Waals surface area (Å²) in [6, 6.07) is 7.00. The van der Waals surface area contributed by atoms with Crippen molar-refractivity contribution in [1.29, 1.82) is 0 Å². The first kappa shape index (κ1) is 13.3. The molecule has 0 radical (unpaired) electrons. The summed E-state index contributed by atoms with van der Waals surface area (Å²) < 4.78 is 1.60. The van der Waals surface area contributed by atoms with Crippen molar-refractivity contribution >= 4 is 11.9 Å². The highest BCUT2D eigenvalue weighted by atomic mass is 16.4. The Bertz CT molecular complexity index is 651. The van der Waals surface area contributed by atoms with Crippen LogP contribution in [0.4, 0.5) is 0 Å². The molecule has 0 aliphatic carbocycles. The Morgan fingerprint density at radius 3 is 2.57 bits per heavy atom. The highest BCUT2D eigenvalue weighted by Crippen LogP contribution is 2.19. The number of hydrogen-bond donors (Lipinski definition) is 1. The predicted molar refractivity (Wildman–Crippen MR) is 73.0 cm³/mol. The van der Waals surface area contributed by atoms with Crippen LogP contribution in [-0.2, 0) is 4.79 Å². The number of aliphatic carboxylic acids is 1. The van der Waals surface area contributed by atoms with E-state index in [1.165, 1.54) is 6.33 Å². The Balaban J connectivity index is 1.72. The van der Waals surface area contributed by atoms with Crippen LogP contribution in [0, 0.1) is 5.92 Å². The number of carbonyl (C=O) groups is 2. The van der Waals surface area contributed by atoms with E-state index in [2.05, 4.69) is 10.1 Å². The minimum absolute atomic E-state index is 0.135. The third kappa shape index (κ3) is 2.62. The van der Waals surface area contributed by atoms with Crippen molar-refractivity contribution in [2.75, 3.05) is 13.1 Å². The van der Waals surface area contributed by atoms with Crippen LogP contribution in [-0.4, -0.2) is 49.7 Å². The van der Waals surface area contributed by atoms with Gasteiger partial charge in [0.2, 0.25) is 0 Å². The first-order valence-electron chi connectivity index (χ1n) is 6.62. The number of carbonyl (C=O) groups excluding carboxylic acids is 1. The number of aromatic nitrogens is 3. The van der Waals surface area contributed by atoms with E-state index in [4.69, 9.17) is 5.11 Å². The summed E-state index contributed by atoms with van der Waals surface area (Å²) in [5.74, 6) is -1.43. The van der Waals surface area contributed by atoms with E-state index in [1.807, 2.05) is 0 Å². The second-order valence-corrected chi connectivity index (χ2v) is 4.96. The van der Waals surface area contributed by atoms with Gasteiger partial charge in [0.25, 0.3) is 5.91 Å². The molecule has 1 saturated heterocycles. The summed E-state index contributed by atoms with van der Waals surface area (Å²) in [6.07, 6.45) is 3.53. The molecule has 7 heteroatoms. The molecule has 0 spiro atoms. The fraction of sp³-hybridized carbons (Fsp3) is 0.286. The molecule has 108 valence electrons. The summed E-state index contributed by atoms with van der Waals surface area (Å²) in [6.45, 7) is 0.764. The lowest BCUT2D eigenvalue weighted by atomic mass is 10.1. The summed E-state index contributed by atoms with van der Waals surface area (Å²) >= 11 is 0. The maximum Gasteiger partial charge on any atom is 0.308 e. The molecule has 1 aliphatic heterocycles. The third-order valence-corrected chi connectivity index (χ3v) is 3.62. The van der Waals surface area contributed by atoms with Crippen LogP contribution in [0.25, 0.3) is 5.69 Å². The van der Waals surface area contributed by atoms with Gasteiger partial charge in [0, 0.05) is 18.7 Å². The third-order valence-electron chi connectivity index (χ3n) is 3.62. The van der Waals surface area contributed by atoms with Crippen LogP contribution in [0.15, 0.2) is 36.9 Å². The molecular weight excluding hydrogens is 272 g/mol. The Hall–Kier alpha value is -2.70. The fourth-order valence-corrected chi connectivity index (χ4v) is 2.43. The molecule has 21 heavy (non-hydrogen) atoms. The van der Waals surface area contributed by atoms with Gasteiger partial charge in [-0.05, 0) is 30.7 Å². The molecule has 7 nitrogen and oxygen atoms in total. The molecule has 0 bridgehead atoms. The van der Waals surface area contributed by atoms with E-state index in [-0.39, 0.29) is 12.5 Å². The monoisotopic (exact) mass is 286 g/mol. The molecule has 0 unspecified atom stereocenters. The minimum atomic E-state index is -0.841. The summed E-state index contributed by atoms with van der Waals surface area (Å²) in [5, 5.41) is 13.0. The highest BCUT2D eigenvalue weighted by Gasteiger charge is 2.31. The Morgan fingerprint density at radius 2 is 2.00 bits per heavy atom. The SMILES string of the molecule is O=C(O)[C@@H]1CCN(C(=O)c2ccc(-n3cncn3)cc2)C1. The van der Waals surface area contributed by atoms with Crippen LogP contribution in [0.2, 0.25) is 0 Å². The molecule has 1 aromatic heterocycles. The Kier molecular flexibility index (Phi) is 3.39. The lowest BCUT2D eigenvalue weighted by Gasteiger charge is -2.16. The molecule has 1 aromatic carbocycles. The highest BCUT2D eigenvalue weighted by molar-refractivity contribution is 5.95. The van der Waals surface area contributed by atoms with E-state index >= 15 is 0 Å². The molecule has 3 rings (SSSR count). The van der Waals surface area contributed by atoms with Crippen LogP contribution < -0.4 is 0 Å². The van der Waals surface area contributed by atoms with Gasteiger partial charge in [-0.15, -0.1) is 0 Å². The van der Waals surface area contributed by atoms with Gasteiger partial charge >= 0.3 is 5.97 Å². The second-order valence-electron chi connectivity index (χ2n) is 4.96. The number of hydrogen-bond acceptors (Lipinski definition) is 4. The minimum Gasteiger partial charge on any atom is -0.481 e. The van der Waals surface area contributed by atoms with Gasteiger partial charge < -0.3 is 10.0 Å². The van der Waals surface area contributed by atoms with Crippen LogP contribution >= 0.6 is 0 Å². The smallest absolute Gasteiger partial charge is 0.308 e. The lowest BCUT2D eigenvalue weighted by Crippen LogP contribution is -2.29. The molecule has 1 atom stereocenters. The van der Waals surface area contributed by atoms with Gasteiger partial charge in [0.05, 0.1) is 11.6 Å². The van der Waals surface area contributed by atoms with Gasteiger partial charge in [-0.25, -0.2) is 9.67 Å². The van der Waals surface area contributed by atoms with Crippen molar-refractivity contribution in [1.82, 2.24) is 19.7 Å². The largest absolute Gasteiger partial charge is 0.481 e. The lowest BCUT2D eigenvalue weighted by molar-refractivity contribution is -0.141. The Labute approximate surface area is 120 Å². The van der Waals surface area contributed by atoms with E-state index in [0.29, 0.717) is 18.5 Å². The summed E-state index contributed by atoms with van der Waals surface area (Å²) in [5.41, 5.74) is 1.36. The number of nitrogens with zero attached hydrogens (tertiary/aromatic N) is 4. The molecule has 1 fully saturated rings. The number of rotatable bonds is 3. The zero-order chi connectivity index (χ0) is 14.8. The van der Waals surface area contributed by atoms with E-state index < -0.39 is 11.9 Å². The van der Waals surface area contributed by atoms with Crippen LogP contribution in [0.3, 0.4) is 0 Å². The maximum atomic E-state index is 12.3. The normalized spacial score (nSPS) is 17.9. The van der Waals surface area contributed by atoms with Crippen molar-refractivity contribution in [2.24, 2.45) is 5.92 Å². The molecule has 2 heterocycles. The summed E-state index contributed by atoms with van der Waals surface area (Å²) in [7, 11) is 0. The van der Waals surface area contributed by atoms with Crippen LogP contribution in [0.5, 0.6) is 0 Å². The quantitative estimate of drug-likeness (QED) is 0.902. The van der Waals surface area contributed by atoms with Crippen molar-refractivity contribution in [3.8, 4) is 5.69 Å². The van der Waals surface area contributed by atoms with Gasteiger partial charge in [0.15, 0.2) is 0 Å². The first-order chi connectivity index (χ1) is 10.1. The fourth-order valence-electron chi connectivity index (χ4n) is 2.43. The number of carboxylic acid groups (broad SMARTS) is 1. The first-order valence-corrected chi connectivity index (χ1v) is 6.62. The molecule has 1 N–H and O–H groups in total. The van der Waals surface area contributed by atoms with Crippen molar-refractivity contribution < 1.29 is 14.7 Å². The molecular formula is C14H14N4O3. The molecule has 0 saturated carbocycles. The van der Waals surface area contributed by atoms with Gasteiger partial charge in [-0.2, -0.15) is 5.10 Å². The average molecular weight is 286 g/mol. The number of benzene rings is 1. The maximum absolute atomic E-state index is 12.3. The topological polar surface area (TPSA) is 88.3 Å². The van der Waals surface area contributed by atoms with Crippen molar-refractivity contribution in [3.63, 3.8) is 0 Å². The van der Waals surface area contributed by atoms with Gasteiger partial charge in [-0.3, -0.25) is 9.59 Å². The van der Waals surface area contributed by atoms with E-state index in [9.17, 15) is 9.59 Å². The van der Waals surface area contributed by atoms with E-state index in [0.717, 1.165) is 5.69 Å². The zero-order valence-electron chi connectivity index (χ0n) is 11.2. The van der Waals surface area contributed by atoms with E-state index in [1.54, 1.807) is 40.2 Å². The van der Waals surface area contributed by atoms with Crippen LogP contribution in [0.1, 0.15) is 16.8 Å². The van der Waals surface area contributed by atoms with Gasteiger partial charge in [-0.1, -0.05) is 0 Å². The van der Waals surface area contributed by atoms with Crippen molar-refractivity contribution in [2.45, 2.75) is 6.42 Å². The predicted octanol–water partition coefficient (Wildman–Crippen LogP) is 0.814. The zero-order valence-corrected chi connectivity index (χ0v) is 11.2. The number of likely N-dealkylation sites (tertiary alicyclic amines) is 1. The Morgan fingerprint density at radius 1 is 1.24 bits per heavy atom. The number of amides is 1. The average Bonchev–Trinajstić information content (AvgIpc) is 3.18. The molecule has 2 aromatic rings. The van der Waals surface area contributed by atoms with Crippen molar-refractivity contribution in [3.05, 3.63) is 42.5 Å².